The number of carbonyl (C=O) groups excluding carboxylic acids is 4. The second-order valence-electron chi connectivity index (χ2n) is 26.6. The predicted molar refractivity (Wildman–Crippen MR) is 339 cm³/mol. The molecule has 6 fully saturated rings. The largest absolute Gasteiger partial charge is 0.368 e. The fourth-order valence-electron chi connectivity index (χ4n) is 16.1. The van der Waals surface area contributed by atoms with Crippen molar-refractivity contribution in [2.45, 2.75) is 203 Å². The van der Waals surface area contributed by atoms with Crippen molar-refractivity contribution >= 4 is 53.0 Å². The maximum Gasteiger partial charge on any atom is 0.264 e. The van der Waals surface area contributed by atoms with Crippen LogP contribution in [0.1, 0.15) is 152 Å². The smallest absolute Gasteiger partial charge is 0.264 e. The summed E-state index contributed by atoms with van der Waals surface area (Å²) in [6, 6.07) is 15.5. The zero-order valence-corrected chi connectivity index (χ0v) is 53.3. The summed E-state index contributed by atoms with van der Waals surface area (Å²) in [5, 5.41) is 17.9. The average Bonchev–Trinajstić information content (AvgIpc) is 3.97. The van der Waals surface area contributed by atoms with Gasteiger partial charge >= 0.3 is 0 Å². The lowest BCUT2D eigenvalue weighted by Crippen LogP contribution is -2.56. The van der Waals surface area contributed by atoms with E-state index >= 15 is 0 Å². The number of amides is 4. The van der Waals surface area contributed by atoms with Crippen LogP contribution < -0.4 is 16.4 Å². The van der Waals surface area contributed by atoms with E-state index in [-0.39, 0.29) is 76.6 Å². The highest BCUT2D eigenvalue weighted by Crippen LogP contribution is 2.49. The number of nitrogens with one attached hydrogen (secondary N) is 2. The van der Waals surface area contributed by atoms with Crippen molar-refractivity contribution in [3.63, 3.8) is 0 Å². The number of likely N-dealkylation sites (N-methyl/N-ethyl adjacent to an activating group) is 1. The number of likely N-dealkylation sites (tertiary alicyclic amines) is 2. The second kappa shape index (κ2) is 31.3. The molecule has 2 aliphatic heterocycles. The van der Waals surface area contributed by atoms with E-state index in [0.717, 1.165) is 127 Å². The van der Waals surface area contributed by atoms with Gasteiger partial charge in [0.1, 0.15) is 25.3 Å². The van der Waals surface area contributed by atoms with E-state index in [0.29, 0.717) is 34.7 Å². The lowest BCUT2D eigenvalue weighted by Gasteiger charge is -2.48. The molecule has 470 valence electrons. The molecule has 4 N–H and O–H groups in total. The summed E-state index contributed by atoms with van der Waals surface area (Å²) in [5.41, 5.74) is 8.27. The number of halogens is 2. The molecule has 0 radical (unpaired) electrons. The van der Waals surface area contributed by atoms with Gasteiger partial charge in [-0.15, -0.1) is 0 Å². The number of primary amides is 1. The molecule has 10 rings (SSSR count). The molecule has 2 aromatic heterocycles. The maximum atomic E-state index is 14.2. The highest BCUT2D eigenvalue weighted by molar-refractivity contribution is 6.30. The first-order chi connectivity index (χ1) is 41.6. The summed E-state index contributed by atoms with van der Waals surface area (Å²) in [6.45, 7) is 4.88. The van der Waals surface area contributed by atoms with E-state index in [2.05, 4.69) is 45.6 Å². The summed E-state index contributed by atoms with van der Waals surface area (Å²) in [5.74, 6) is 1.68. The highest BCUT2D eigenvalue weighted by atomic mass is 35.5. The summed E-state index contributed by atoms with van der Waals surface area (Å²) < 4.78 is 4.01. The van der Waals surface area contributed by atoms with Crippen molar-refractivity contribution in [2.75, 3.05) is 54.4 Å². The summed E-state index contributed by atoms with van der Waals surface area (Å²) in [7, 11) is 7.34. The lowest BCUT2D eigenvalue weighted by atomic mass is 9.63. The Morgan fingerprint density at radius 2 is 1.02 bits per heavy atom. The van der Waals surface area contributed by atoms with E-state index in [1.54, 1.807) is 19.7 Å². The molecule has 6 aliphatic rings. The van der Waals surface area contributed by atoms with Gasteiger partial charge in [0.2, 0.25) is 17.7 Å². The van der Waals surface area contributed by atoms with Crippen LogP contribution in [-0.2, 0) is 45.1 Å². The fourth-order valence-corrected chi connectivity index (χ4v) is 16.4. The quantitative estimate of drug-likeness (QED) is 0.0671. The number of piperidine rings is 2. The first kappa shape index (κ1) is 65.2. The summed E-state index contributed by atoms with van der Waals surface area (Å²) in [4.78, 5) is 73.2. The number of aliphatic imine (C=N–C) groups is 1. The number of hydrogen-bond donors (Lipinski definition) is 3. The molecule has 4 aliphatic carbocycles. The third-order valence-corrected chi connectivity index (χ3v) is 21.5. The topological polar surface area (TPSA) is 205 Å². The summed E-state index contributed by atoms with van der Waals surface area (Å²) >= 11 is 12.3. The molecule has 4 aromatic rings. The normalized spacial score (nSPS) is 24.1. The number of benzene rings is 2. The molecule has 4 heterocycles. The Bertz CT molecular complexity index is 2740. The minimum Gasteiger partial charge on any atom is -0.368 e. The molecule has 0 unspecified atom stereocenters. The third kappa shape index (κ3) is 17.3. The van der Waals surface area contributed by atoms with E-state index in [4.69, 9.17) is 28.9 Å². The molecule has 4 amide bonds. The van der Waals surface area contributed by atoms with Crippen LogP contribution in [0.25, 0.3) is 0 Å². The van der Waals surface area contributed by atoms with Gasteiger partial charge in [-0.25, -0.2) is 9.97 Å². The van der Waals surface area contributed by atoms with Crippen LogP contribution in [0.15, 0.2) is 78.8 Å². The van der Waals surface area contributed by atoms with Crippen LogP contribution in [-0.4, -0.2) is 170 Å². The van der Waals surface area contributed by atoms with Crippen molar-refractivity contribution in [1.82, 2.24) is 59.8 Å². The molecule has 18 nitrogen and oxygen atoms in total. The van der Waals surface area contributed by atoms with Gasteiger partial charge in [-0.05, 0) is 194 Å². The van der Waals surface area contributed by atoms with Crippen LogP contribution >= 0.6 is 23.2 Å². The van der Waals surface area contributed by atoms with E-state index in [1.807, 2.05) is 101 Å². The van der Waals surface area contributed by atoms with Gasteiger partial charge in [0.15, 0.2) is 0 Å². The molecule has 2 saturated heterocycles. The number of rotatable bonds is 21. The van der Waals surface area contributed by atoms with Gasteiger partial charge in [-0.2, -0.15) is 10.2 Å². The van der Waals surface area contributed by atoms with Crippen LogP contribution in [0.3, 0.4) is 0 Å². The molecule has 86 heavy (non-hydrogen) atoms. The number of nitrogens with zero attached hydrogens (tertiary/aromatic N) is 11. The van der Waals surface area contributed by atoms with Crippen molar-refractivity contribution in [2.24, 2.45) is 39.3 Å². The average molecular weight is 1220 g/mol. The van der Waals surface area contributed by atoms with E-state index < -0.39 is 0 Å². The Morgan fingerprint density at radius 3 is 1.38 bits per heavy atom. The number of nitrogens with two attached hydrogens (primary N) is 1. The highest BCUT2D eigenvalue weighted by Gasteiger charge is 2.46. The van der Waals surface area contributed by atoms with Crippen LogP contribution in [0.4, 0.5) is 0 Å². The first-order valence-corrected chi connectivity index (χ1v) is 33.2. The standard InChI is InChI=1S/C33H50ClN7O2.C33H48ClN7O2/c1-39(2)30(31(35)42)25-10-14-28(15-11-25)38-29(20-24-8-12-27(34)13-9-24)32(43)40-18-16-33(17-19-40,21-41-23-36-22-37-41)26-6-4-3-5-7-26;1-35-21-31(42)39(2)29-14-12-28(13-15-29)38-30(20-25-8-10-27(34)11-9-25)32(43)40-18-16-33(17-19-40,22-41-24-36-23-37-41)26-6-4-3-5-7-26/h8-9,12-13,22-23,25-26,28-30,38H,3-7,10-11,14-21H2,1-2H3,(H2,35,42);8-11,21,23-24,26,28-30,38H,3-7,12-20,22H2,1-2H3/t25?,28?,29-,30+;28?,29?,30-/m11/s1. The predicted octanol–water partition coefficient (Wildman–Crippen LogP) is 9.09. The Labute approximate surface area is 521 Å². The van der Waals surface area contributed by atoms with E-state index in [9.17, 15) is 19.2 Å². The maximum absolute atomic E-state index is 14.2. The lowest BCUT2D eigenvalue weighted by molar-refractivity contribution is -0.138. The van der Waals surface area contributed by atoms with Crippen molar-refractivity contribution in [1.29, 1.82) is 0 Å². The van der Waals surface area contributed by atoms with Crippen molar-refractivity contribution in [3.05, 3.63) is 95.0 Å². The minimum atomic E-state index is -0.305. The van der Waals surface area contributed by atoms with Crippen LogP contribution in [0.5, 0.6) is 0 Å². The molecule has 0 bridgehead atoms. The zero-order valence-electron chi connectivity index (χ0n) is 51.8. The second-order valence-corrected chi connectivity index (χ2v) is 27.5. The third-order valence-electron chi connectivity index (χ3n) is 21.0. The SMILES string of the molecule is CN(C)[C@H](C(N)=O)C1CCC(N[C@H](Cc2ccc(Cl)cc2)C(=O)N2CCC(Cn3cncn3)(C3CCCCC3)CC2)CC1.CN=CC(=O)N(C)C1CCC(N[C@H](Cc2ccc(Cl)cc2)C(=O)N2CCC(Cn3cncn3)(C3CCCCC3)CC2)CC1. The minimum absolute atomic E-state index is 0.0482. The van der Waals surface area contributed by atoms with Crippen LogP contribution in [0, 0.1) is 28.6 Å². The van der Waals surface area contributed by atoms with Crippen molar-refractivity contribution in [3.8, 4) is 0 Å². The molecular formula is C66H98Cl2N14O4. The molecule has 4 saturated carbocycles. The van der Waals surface area contributed by atoms with Gasteiger partial charge in [0.05, 0.1) is 24.3 Å². The first-order valence-electron chi connectivity index (χ1n) is 32.5. The number of carbonyl (C=O) groups is 4. The Kier molecular flexibility index (Phi) is 23.7. The molecule has 20 heteroatoms. The van der Waals surface area contributed by atoms with Crippen molar-refractivity contribution < 1.29 is 19.2 Å². The van der Waals surface area contributed by atoms with Gasteiger partial charge in [0, 0.05) is 81.5 Å². The molecule has 0 spiro atoms. The fraction of sp³-hybridized carbons (Fsp3) is 0.682. The monoisotopic (exact) mass is 1220 g/mol. The molecule has 3 atom stereocenters. The van der Waals surface area contributed by atoms with Gasteiger partial charge < -0.3 is 31.1 Å². The van der Waals surface area contributed by atoms with Gasteiger partial charge in [0.25, 0.3) is 5.91 Å². The number of hydrogen-bond acceptors (Lipinski definition) is 12. The van der Waals surface area contributed by atoms with E-state index in [1.165, 1.54) is 70.4 Å². The Balaban J connectivity index is 0.000000205. The molecular weight excluding hydrogens is 1120 g/mol. The zero-order chi connectivity index (χ0) is 60.6. The summed E-state index contributed by atoms with van der Waals surface area (Å²) in [6.07, 6.45) is 33.9. The van der Waals surface area contributed by atoms with Gasteiger partial charge in [-0.3, -0.25) is 38.4 Å². The Hall–Kier alpha value is -5.27. The molecule has 2 aromatic carbocycles. The van der Waals surface area contributed by atoms with Gasteiger partial charge in [-0.1, -0.05) is 86.0 Å². The Morgan fingerprint density at radius 1 is 0.616 bits per heavy atom. The van der Waals surface area contributed by atoms with Crippen LogP contribution in [0.2, 0.25) is 10.0 Å². The number of aromatic nitrogens is 6.